The topological polar surface area (TPSA) is 67.4 Å². The Morgan fingerprint density at radius 3 is 2.11 bits per heavy atom. The Bertz CT molecular complexity index is 981. The predicted octanol–water partition coefficient (Wildman–Crippen LogP) is 4.90. The highest BCUT2D eigenvalue weighted by Crippen LogP contribution is 2.18. The van der Waals surface area contributed by atoms with Crippen LogP contribution in [0.3, 0.4) is 0 Å². The van der Waals surface area contributed by atoms with Crippen LogP contribution >= 0.6 is 0 Å². The highest BCUT2D eigenvalue weighted by molar-refractivity contribution is 6.06. The summed E-state index contributed by atoms with van der Waals surface area (Å²) >= 11 is 0. The van der Waals surface area contributed by atoms with Gasteiger partial charge in [-0.2, -0.15) is 0 Å². The summed E-state index contributed by atoms with van der Waals surface area (Å²) in [6.45, 7) is 4.33. The Morgan fingerprint density at radius 2 is 1.46 bits per heavy atom. The van der Waals surface area contributed by atoms with E-state index >= 15 is 0 Å². The SMILES string of the molecule is CCOc1cccc(C(=O)Nc2ccc(NC(=O)c3ccccc3C)cc2)c1. The maximum Gasteiger partial charge on any atom is 0.255 e. The smallest absolute Gasteiger partial charge is 0.255 e. The molecule has 0 aromatic heterocycles. The first-order valence-corrected chi connectivity index (χ1v) is 9.08. The van der Waals surface area contributed by atoms with Gasteiger partial charge in [0.05, 0.1) is 6.61 Å². The molecule has 2 amide bonds. The molecule has 0 saturated carbocycles. The number of carbonyl (C=O) groups excluding carboxylic acids is 2. The maximum absolute atomic E-state index is 12.4. The van der Waals surface area contributed by atoms with Crippen molar-refractivity contribution in [3.05, 3.63) is 89.5 Å². The van der Waals surface area contributed by atoms with E-state index in [1.807, 2.05) is 38.1 Å². The maximum atomic E-state index is 12.4. The zero-order valence-electron chi connectivity index (χ0n) is 15.9. The van der Waals surface area contributed by atoms with Crippen LogP contribution in [0.25, 0.3) is 0 Å². The molecule has 0 radical (unpaired) electrons. The fraction of sp³-hybridized carbons (Fsp3) is 0.130. The van der Waals surface area contributed by atoms with E-state index in [4.69, 9.17) is 4.74 Å². The molecule has 0 saturated heterocycles. The number of nitrogens with one attached hydrogen (secondary N) is 2. The van der Waals surface area contributed by atoms with Crippen molar-refractivity contribution in [1.29, 1.82) is 0 Å². The Morgan fingerprint density at radius 1 is 0.821 bits per heavy atom. The Labute approximate surface area is 164 Å². The lowest BCUT2D eigenvalue weighted by molar-refractivity contribution is 0.101. The van der Waals surface area contributed by atoms with E-state index in [-0.39, 0.29) is 11.8 Å². The minimum absolute atomic E-state index is 0.164. The first-order valence-electron chi connectivity index (χ1n) is 9.08. The van der Waals surface area contributed by atoms with Crippen LogP contribution in [0.4, 0.5) is 11.4 Å². The fourth-order valence-electron chi connectivity index (χ4n) is 2.76. The number of amides is 2. The van der Waals surface area contributed by atoms with Crippen LogP contribution in [-0.4, -0.2) is 18.4 Å². The third kappa shape index (κ3) is 4.76. The van der Waals surface area contributed by atoms with Crippen molar-refractivity contribution in [3.63, 3.8) is 0 Å². The number of hydrogen-bond acceptors (Lipinski definition) is 3. The molecule has 0 unspecified atom stereocenters. The lowest BCUT2D eigenvalue weighted by Crippen LogP contribution is -2.14. The van der Waals surface area contributed by atoms with Crippen LogP contribution in [0.5, 0.6) is 5.75 Å². The van der Waals surface area contributed by atoms with Crippen molar-refractivity contribution < 1.29 is 14.3 Å². The molecule has 3 aromatic carbocycles. The molecule has 0 aliphatic carbocycles. The number of hydrogen-bond donors (Lipinski definition) is 2. The van der Waals surface area contributed by atoms with Gasteiger partial charge in [0.2, 0.25) is 0 Å². The van der Waals surface area contributed by atoms with Crippen molar-refractivity contribution in [2.24, 2.45) is 0 Å². The second-order valence-electron chi connectivity index (χ2n) is 6.26. The van der Waals surface area contributed by atoms with E-state index in [0.29, 0.717) is 34.9 Å². The fourth-order valence-corrected chi connectivity index (χ4v) is 2.76. The monoisotopic (exact) mass is 374 g/mol. The number of ether oxygens (including phenoxy) is 1. The van der Waals surface area contributed by atoms with E-state index in [9.17, 15) is 9.59 Å². The first-order chi connectivity index (χ1) is 13.6. The quantitative estimate of drug-likeness (QED) is 0.645. The third-order valence-electron chi connectivity index (χ3n) is 4.20. The number of rotatable bonds is 6. The van der Waals surface area contributed by atoms with Crippen LogP contribution in [0.1, 0.15) is 33.2 Å². The molecule has 3 aromatic rings. The summed E-state index contributed by atoms with van der Waals surface area (Å²) in [5.41, 5.74) is 3.36. The van der Waals surface area contributed by atoms with Gasteiger partial charge in [-0.05, 0) is 67.9 Å². The van der Waals surface area contributed by atoms with Gasteiger partial charge < -0.3 is 15.4 Å². The molecule has 0 fully saturated rings. The highest BCUT2D eigenvalue weighted by Gasteiger charge is 2.10. The normalized spacial score (nSPS) is 10.2. The molecule has 0 atom stereocenters. The van der Waals surface area contributed by atoms with Crippen LogP contribution in [0.15, 0.2) is 72.8 Å². The molecule has 0 heterocycles. The number of benzene rings is 3. The summed E-state index contributed by atoms with van der Waals surface area (Å²) in [5, 5.41) is 5.71. The van der Waals surface area contributed by atoms with Crippen molar-refractivity contribution in [1.82, 2.24) is 0 Å². The van der Waals surface area contributed by atoms with Crippen molar-refractivity contribution in [2.75, 3.05) is 17.2 Å². The molecule has 142 valence electrons. The molecule has 28 heavy (non-hydrogen) atoms. The zero-order chi connectivity index (χ0) is 19.9. The Balaban J connectivity index is 1.64. The van der Waals surface area contributed by atoms with E-state index in [2.05, 4.69) is 10.6 Å². The lowest BCUT2D eigenvalue weighted by atomic mass is 10.1. The minimum Gasteiger partial charge on any atom is -0.494 e. The van der Waals surface area contributed by atoms with Gasteiger partial charge in [0.15, 0.2) is 0 Å². The zero-order valence-corrected chi connectivity index (χ0v) is 15.9. The average Bonchev–Trinajstić information content (AvgIpc) is 2.70. The predicted molar refractivity (Wildman–Crippen MR) is 111 cm³/mol. The van der Waals surface area contributed by atoms with Crippen molar-refractivity contribution in [3.8, 4) is 5.75 Å². The van der Waals surface area contributed by atoms with E-state index < -0.39 is 0 Å². The minimum atomic E-state index is -0.224. The summed E-state index contributed by atoms with van der Waals surface area (Å²) in [6.07, 6.45) is 0. The number of carbonyl (C=O) groups is 2. The average molecular weight is 374 g/mol. The first kappa shape index (κ1) is 19.2. The molecule has 0 bridgehead atoms. The molecular formula is C23H22N2O3. The molecule has 0 aliphatic heterocycles. The molecule has 5 heteroatoms. The van der Waals surface area contributed by atoms with Gasteiger partial charge in [0.1, 0.15) is 5.75 Å². The van der Waals surface area contributed by atoms with Gasteiger partial charge in [0, 0.05) is 22.5 Å². The standard InChI is InChI=1S/C23H22N2O3/c1-3-28-20-9-6-8-17(15-20)22(26)24-18-11-13-19(14-12-18)25-23(27)21-10-5-4-7-16(21)2/h4-15H,3H2,1-2H3,(H,24,26)(H,25,27). The van der Waals surface area contributed by atoms with Crippen LogP contribution in [0.2, 0.25) is 0 Å². The van der Waals surface area contributed by atoms with E-state index in [0.717, 1.165) is 5.56 Å². The summed E-state index contributed by atoms with van der Waals surface area (Å²) < 4.78 is 5.42. The molecule has 0 aliphatic rings. The van der Waals surface area contributed by atoms with Gasteiger partial charge in [-0.25, -0.2) is 0 Å². The summed E-state index contributed by atoms with van der Waals surface area (Å²) in [4.78, 5) is 24.8. The lowest BCUT2D eigenvalue weighted by Gasteiger charge is -2.10. The van der Waals surface area contributed by atoms with E-state index in [1.165, 1.54) is 0 Å². The Hall–Kier alpha value is -3.60. The van der Waals surface area contributed by atoms with Gasteiger partial charge in [-0.15, -0.1) is 0 Å². The van der Waals surface area contributed by atoms with Gasteiger partial charge in [-0.1, -0.05) is 24.3 Å². The van der Waals surface area contributed by atoms with Crippen LogP contribution in [-0.2, 0) is 0 Å². The van der Waals surface area contributed by atoms with Gasteiger partial charge in [-0.3, -0.25) is 9.59 Å². The summed E-state index contributed by atoms with van der Waals surface area (Å²) in [7, 11) is 0. The summed E-state index contributed by atoms with van der Waals surface area (Å²) in [6, 6.07) is 21.4. The Kier molecular flexibility index (Phi) is 6.07. The second-order valence-corrected chi connectivity index (χ2v) is 6.26. The molecule has 0 spiro atoms. The highest BCUT2D eigenvalue weighted by atomic mass is 16.5. The largest absolute Gasteiger partial charge is 0.494 e. The number of aryl methyl sites for hydroxylation is 1. The van der Waals surface area contributed by atoms with E-state index in [1.54, 1.807) is 48.5 Å². The van der Waals surface area contributed by atoms with Gasteiger partial charge >= 0.3 is 0 Å². The molecular weight excluding hydrogens is 352 g/mol. The number of anilines is 2. The second kappa shape index (κ2) is 8.86. The summed E-state index contributed by atoms with van der Waals surface area (Å²) in [5.74, 6) is 0.269. The van der Waals surface area contributed by atoms with Crippen molar-refractivity contribution >= 4 is 23.2 Å². The molecule has 5 nitrogen and oxygen atoms in total. The third-order valence-corrected chi connectivity index (χ3v) is 4.20. The molecule has 3 rings (SSSR count). The van der Waals surface area contributed by atoms with Crippen molar-refractivity contribution in [2.45, 2.75) is 13.8 Å². The van der Waals surface area contributed by atoms with Crippen LogP contribution < -0.4 is 15.4 Å². The van der Waals surface area contributed by atoms with Crippen LogP contribution in [0, 0.1) is 6.92 Å². The molecule has 2 N–H and O–H groups in total. The van der Waals surface area contributed by atoms with Gasteiger partial charge in [0.25, 0.3) is 11.8 Å².